The topological polar surface area (TPSA) is 118 Å². The number of carbonyl (C=O) groups excluding carboxylic acids is 1. The van der Waals surface area contributed by atoms with Crippen molar-refractivity contribution in [3.8, 4) is 5.75 Å². The van der Waals surface area contributed by atoms with Crippen LogP contribution in [0.15, 0.2) is 36.8 Å². The predicted molar refractivity (Wildman–Crippen MR) is 108 cm³/mol. The van der Waals surface area contributed by atoms with Crippen LogP contribution in [0, 0.1) is 0 Å². The van der Waals surface area contributed by atoms with E-state index in [9.17, 15) is 13.6 Å². The summed E-state index contributed by atoms with van der Waals surface area (Å²) in [6.45, 7) is 7.82. The highest BCUT2D eigenvalue weighted by Crippen LogP contribution is 2.33. The zero-order valence-electron chi connectivity index (χ0n) is 17.1. The van der Waals surface area contributed by atoms with Gasteiger partial charge < -0.3 is 21.5 Å². The number of ether oxygens (including phenoxy) is 1. The second-order valence-electron chi connectivity index (χ2n) is 7.20. The highest BCUT2D eigenvalue weighted by Gasteiger charge is 2.10. The van der Waals surface area contributed by atoms with E-state index >= 15 is 0 Å². The first kappa shape index (κ1) is 24.4. The monoisotopic (exact) mass is 408 g/mol. The van der Waals surface area contributed by atoms with Gasteiger partial charge in [0.1, 0.15) is 18.1 Å². The highest BCUT2D eigenvalue weighted by molar-refractivity contribution is 5.90. The Labute approximate surface area is 169 Å². The van der Waals surface area contributed by atoms with Crippen LogP contribution in [-0.2, 0) is 6.54 Å². The van der Waals surface area contributed by atoms with E-state index in [0.29, 0.717) is 12.3 Å². The summed E-state index contributed by atoms with van der Waals surface area (Å²) in [7, 11) is 0. The van der Waals surface area contributed by atoms with Crippen molar-refractivity contribution >= 4 is 5.91 Å². The number of nitrogens with zero attached hydrogens (tertiary/aromatic N) is 3. The van der Waals surface area contributed by atoms with Crippen LogP contribution in [0.1, 0.15) is 55.4 Å². The second kappa shape index (κ2) is 11.4. The number of amides is 1. The molecule has 0 saturated heterocycles. The minimum atomic E-state index is -2.48. The third-order valence-corrected chi connectivity index (χ3v) is 3.56. The van der Waals surface area contributed by atoms with E-state index in [1.54, 1.807) is 12.1 Å². The Balaban J connectivity index is 0.000000387. The average Bonchev–Trinajstić information content (AvgIpc) is 2.65. The van der Waals surface area contributed by atoms with Gasteiger partial charge in [0.2, 0.25) is 0 Å². The van der Waals surface area contributed by atoms with Crippen LogP contribution in [0.25, 0.3) is 5.32 Å². The molecule has 0 fully saturated rings. The fraction of sp³-hybridized carbons (Fsp3) is 0.450. The molecule has 4 N–H and O–H groups in total. The Morgan fingerprint density at radius 1 is 1.28 bits per heavy atom. The molecule has 0 aliphatic carbocycles. The summed E-state index contributed by atoms with van der Waals surface area (Å²) in [5.74, 6) is -0.138. The van der Waals surface area contributed by atoms with Gasteiger partial charge in [-0.1, -0.05) is 39.3 Å². The maximum absolute atomic E-state index is 12.1. The van der Waals surface area contributed by atoms with Gasteiger partial charge in [-0.3, -0.25) is 9.78 Å². The van der Waals surface area contributed by atoms with E-state index in [0.717, 1.165) is 11.1 Å². The summed E-state index contributed by atoms with van der Waals surface area (Å²) in [6, 6.07) is 5.25. The number of halogens is 2. The summed E-state index contributed by atoms with van der Waals surface area (Å²) < 4.78 is 29.3. The summed E-state index contributed by atoms with van der Waals surface area (Å²) in [5, 5.41) is 4.68. The van der Waals surface area contributed by atoms with Crippen LogP contribution in [0.5, 0.6) is 5.75 Å². The first-order valence-corrected chi connectivity index (χ1v) is 9.05. The standard InChI is InChI=1S/C15H23F2N2O.C5H5N3O/c1-10(19-15(2,3)4)13-6-5-12(7-11(13)8-18)20-9-14(16)17;6-5(9)4-3-7-1-2-8-4/h5-7,10,14H,8-9,18H2,1-4H3;1-3H,(H2,6,9)/q-1;. The number of rotatable bonds is 7. The van der Waals surface area contributed by atoms with Gasteiger partial charge in [-0.05, 0) is 17.7 Å². The quantitative estimate of drug-likeness (QED) is 0.726. The molecule has 7 nitrogen and oxygen atoms in total. The van der Waals surface area contributed by atoms with Crippen molar-refractivity contribution in [1.82, 2.24) is 9.97 Å². The molecule has 9 heteroatoms. The van der Waals surface area contributed by atoms with Crippen molar-refractivity contribution in [2.24, 2.45) is 11.5 Å². The smallest absolute Gasteiger partial charge is 0.272 e. The highest BCUT2D eigenvalue weighted by atomic mass is 19.3. The molecule has 1 aromatic carbocycles. The molecule has 1 heterocycles. The van der Waals surface area contributed by atoms with Crippen LogP contribution >= 0.6 is 0 Å². The number of primary amides is 1. The Bertz CT molecular complexity index is 767. The van der Waals surface area contributed by atoms with Crippen LogP contribution in [0.3, 0.4) is 0 Å². The largest absolute Gasteiger partial charge is 0.651 e. The minimum absolute atomic E-state index is 0.00213. The maximum atomic E-state index is 12.1. The van der Waals surface area contributed by atoms with Gasteiger partial charge in [-0.25, -0.2) is 13.8 Å². The second-order valence-corrected chi connectivity index (χ2v) is 7.20. The van der Waals surface area contributed by atoms with Gasteiger partial charge in [0, 0.05) is 18.9 Å². The number of nitrogens with two attached hydrogens (primary N) is 2. The van der Waals surface area contributed by atoms with Crippen molar-refractivity contribution < 1.29 is 18.3 Å². The predicted octanol–water partition coefficient (Wildman–Crippen LogP) is 3.60. The van der Waals surface area contributed by atoms with Crippen molar-refractivity contribution in [2.75, 3.05) is 6.61 Å². The summed E-state index contributed by atoms with van der Waals surface area (Å²) in [5.41, 5.74) is 12.5. The maximum Gasteiger partial charge on any atom is 0.272 e. The number of carbonyl (C=O) groups is 1. The Kier molecular flexibility index (Phi) is 9.57. The molecular formula is C20H28F2N5O2-. The fourth-order valence-electron chi connectivity index (χ4n) is 2.49. The van der Waals surface area contributed by atoms with Gasteiger partial charge in [-0.15, -0.1) is 11.6 Å². The lowest BCUT2D eigenvalue weighted by Gasteiger charge is -2.43. The molecule has 1 aromatic heterocycles. The Hall–Kier alpha value is -2.65. The average molecular weight is 408 g/mol. The molecule has 1 atom stereocenters. The van der Waals surface area contributed by atoms with E-state index in [2.05, 4.69) is 15.3 Å². The van der Waals surface area contributed by atoms with E-state index in [1.807, 2.05) is 33.8 Å². The lowest BCUT2D eigenvalue weighted by atomic mass is 9.98. The molecule has 1 unspecified atom stereocenters. The zero-order valence-corrected chi connectivity index (χ0v) is 17.1. The number of benzene rings is 1. The molecule has 0 radical (unpaired) electrons. The van der Waals surface area contributed by atoms with Gasteiger partial charge in [0.05, 0.1) is 6.20 Å². The minimum Gasteiger partial charge on any atom is -0.651 e. The summed E-state index contributed by atoms with van der Waals surface area (Å²) in [6.07, 6.45) is 1.74. The van der Waals surface area contributed by atoms with Crippen molar-refractivity contribution in [1.29, 1.82) is 0 Å². The third kappa shape index (κ3) is 9.40. The molecule has 2 aromatic rings. The Morgan fingerprint density at radius 3 is 2.41 bits per heavy atom. The van der Waals surface area contributed by atoms with Crippen LogP contribution in [0.2, 0.25) is 0 Å². The van der Waals surface area contributed by atoms with Crippen molar-refractivity contribution in [2.45, 2.75) is 52.2 Å². The molecule has 1 amide bonds. The summed E-state index contributed by atoms with van der Waals surface area (Å²) >= 11 is 0. The fourth-order valence-corrected chi connectivity index (χ4v) is 2.49. The van der Waals surface area contributed by atoms with Gasteiger partial charge in [0.25, 0.3) is 12.3 Å². The molecule has 2 rings (SSSR count). The van der Waals surface area contributed by atoms with Crippen LogP contribution in [0.4, 0.5) is 8.78 Å². The summed E-state index contributed by atoms with van der Waals surface area (Å²) in [4.78, 5) is 17.6. The number of hydrogen-bond donors (Lipinski definition) is 2. The molecule has 29 heavy (non-hydrogen) atoms. The number of alkyl halides is 2. The molecule has 0 aliphatic heterocycles. The SMILES string of the molecule is CC([N-]C(C)(C)C)c1ccc(OCC(F)F)cc1CN.NC(=O)c1cnccn1. The number of hydrogen-bond acceptors (Lipinski definition) is 5. The van der Waals surface area contributed by atoms with E-state index < -0.39 is 18.9 Å². The van der Waals surface area contributed by atoms with Crippen molar-refractivity contribution in [3.05, 3.63) is 58.9 Å². The molecule has 0 bridgehead atoms. The van der Waals surface area contributed by atoms with Gasteiger partial charge in [-0.2, -0.15) is 0 Å². The van der Waals surface area contributed by atoms with E-state index in [-0.39, 0.29) is 17.3 Å². The van der Waals surface area contributed by atoms with Gasteiger partial charge >= 0.3 is 0 Å². The molecule has 160 valence electrons. The lowest BCUT2D eigenvalue weighted by molar-refractivity contribution is 0.0818. The molecule has 0 saturated carbocycles. The van der Waals surface area contributed by atoms with Crippen LogP contribution < -0.4 is 16.2 Å². The van der Waals surface area contributed by atoms with Gasteiger partial charge in [0.15, 0.2) is 0 Å². The number of aromatic nitrogens is 2. The zero-order chi connectivity index (χ0) is 22.0. The van der Waals surface area contributed by atoms with Crippen LogP contribution in [-0.4, -0.2) is 34.4 Å². The lowest BCUT2D eigenvalue weighted by Crippen LogP contribution is -2.16. The molecular weight excluding hydrogens is 380 g/mol. The van der Waals surface area contributed by atoms with E-state index in [1.165, 1.54) is 18.6 Å². The first-order chi connectivity index (χ1) is 13.5. The van der Waals surface area contributed by atoms with E-state index in [4.69, 9.17) is 16.2 Å². The molecule has 0 spiro atoms. The molecule has 0 aliphatic rings. The normalized spacial score (nSPS) is 12.1. The third-order valence-electron chi connectivity index (χ3n) is 3.56. The van der Waals surface area contributed by atoms with Crippen molar-refractivity contribution in [3.63, 3.8) is 0 Å². The Morgan fingerprint density at radius 2 is 1.97 bits per heavy atom. The first-order valence-electron chi connectivity index (χ1n) is 9.05.